The number of thiazole rings is 1. The molecule has 0 aliphatic rings. The molecule has 1 aromatic rings. The van der Waals surface area contributed by atoms with Gasteiger partial charge in [-0.3, -0.25) is 4.99 Å². The average Bonchev–Trinajstić information content (AvgIpc) is 2.81. The summed E-state index contributed by atoms with van der Waals surface area (Å²) in [5.74, 6) is 1.98. The van der Waals surface area contributed by atoms with Crippen LogP contribution in [0.4, 0.5) is 0 Å². The number of hydrogen-bond donors (Lipinski definition) is 2. The van der Waals surface area contributed by atoms with E-state index in [4.69, 9.17) is 0 Å². The van der Waals surface area contributed by atoms with E-state index >= 15 is 0 Å². The number of aliphatic imine (C=N–C) groups is 1. The van der Waals surface area contributed by atoms with Gasteiger partial charge in [0.2, 0.25) is 0 Å². The van der Waals surface area contributed by atoms with Crippen LogP contribution in [0.3, 0.4) is 0 Å². The fraction of sp³-hybridized carbons (Fsp3) is 0.667. The first-order valence-corrected chi connectivity index (χ1v) is 8.16. The van der Waals surface area contributed by atoms with E-state index in [1.807, 2.05) is 11.6 Å². The normalized spacial score (nSPS) is 11.3. The van der Waals surface area contributed by atoms with Crippen molar-refractivity contribution in [2.75, 3.05) is 18.8 Å². The topological polar surface area (TPSA) is 49.3 Å². The lowest BCUT2D eigenvalue weighted by molar-refractivity contribution is 0.699. The molecule has 0 aromatic carbocycles. The zero-order chi connectivity index (χ0) is 13.2. The van der Waals surface area contributed by atoms with Crippen LogP contribution in [-0.4, -0.2) is 35.8 Å². The molecule has 0 atom stereocenters. The molecule has 0 saturated carbocycles. The molecule has 1 rings (SSSR count). The quantitative estimate of drug-likeness (QED) is 0.237. The fourth-order valence-electron chi connectivity index (χ4n) is 1.29. The van der Waals surface area contributed by atoms with E-state index in [1.54, 1.807) is 23.1 Å². The standard InChI is InChI=1S/C12H22N4S2.HI/c1-4-13-11(16-10(2)3)14-6-5-8-17-12-15-7-9-18-12;/h7,9-10H,4-6,8H2,1-3H3,(H2,13,14,16);1H. The molecule has 110 valence electrons. The predicted octanol–water partition coefficient (Wildman–Crippen LogP) is 3.21. The second kappa shape index (κ2) is 11.8. The van der Waals surface area contributed by atoms with Gasteiger partial charge in [0.1, 0.15) is 4.34 Å². The van der Waals surface area contributed by atoms with Gasteiger partial charge in [0.05, 0.1) is 0 Å². The van der Waals surface area contributed by atoms with E-state index in [0.717, 1.165) is 35.6 Å². The van der Waals surface area contributed by atoms with Gasteiger partial charge >= 0.3 is 0 Å². The fourth-order valence-corrected chi connectivity index (χ4v) is 2.92. The number of hydrogen-bond acceptors (Lipinski definition) is 4. The Hall–Kier alpha value is -0.0200. The minimum Gasteiger partial charge on any atom is -0.357 e. The van der Waals surface area contributed by atoms with Crippen LogP contribution in [0, 0.1) is 0 Å². The molecule has 4 nitrogen and oxygen atoms in total. The third kappa shape index (κ3) is 9.50. The first kappa shape index (κ1) is 19.0. The molecule has 2 N–H and O–H groups in total. The van der Waals surface area contributed by atoms with Crippen LogP contribution >= 0.6 is 47.1 Å². The molecule has 0 radical (unpaired) electrons. The Kier molecular flexibility index (Phi) is 11.8. The summed E-state index contributed by atoms with van der Waals surface area (Å²) in [5.41, 5.74) is 0. The van der Waals surface area contributed by atoms with Crippen molar-refractivity contribution in [2.45, 2.75) is 37.6 Å². The average molecular weight is 414 g/mol. The molecule has 0 unspecified atom stereocenters. The maximum absolute atomic E-state index is 4.54. The monoisotopic (exact) mass is 414 g/mol. The van der Waals surface area contributed by atoms with Crippen molar-refractivity contribution in [3.63, 3.8) is 0 Å². The van der Waals surface area contributed by atoms with Crippen molar-refractivity contribution in [2.24, 2.45) is 4.99 Å². The molecule has 19 heavy (non-hydrogen) atoms. The highest BCUT2D eigenvalue weighted by atomic mass is 127. The first-order chi connectivity index (χ1) is 8.72. The predicted molar refractivity (Wildman–Crippen MR) is 97.1 cm³/mol. The van der Waals surface area contributed by atoms with Crippen molar-refractivity contribution >= 4 is 53.0 Å². The van der Waals surface area contributed by atoms with Crippen molar-refractivity contribution in [1.82, 2.24) is 15.6 Å². The van der Waals surface area contributed by atoms with Gasteiger partial charge in [0.15, 0.2) is 5.96 Å². The van der Waals surface area contributed by atoms with Gasteiger partial charge in [-0.25, -0.2) is 4.98 Å². The van der Waals surface area contributed by atoms with Gasteiger partial charge in [-0.1, -0.05) is 11.8 Å². The minimum atomic E-state index is 0. The lowest BCUT2D eigenvalue weighted by Crippen LogP contribution is -2.41. The van der Waals surface area contributed by atoms with Crippen LogP contribution < -0.4 is 10.6 Å². The van der Waals surface area contributed by atoms with Crippen molar-refractivity contribution in [3.05, 3.63) is 11.6 Å². The first-order valence-electron chi connectivity index (χ1n) is 6.29. The van der Waals surface area contributed by atoms with Crippen LogP contribution in [0.25, 0.3) is 0 Å². The van der Waals surface area contributed by atoms with Gasteiger partial charge in [-0.05, 0) is 27.2 Å². The number of rotatable bonds is 7. The van der Waals surface area contributed by atoms with Gasteiger partial charge in [-0.2, -0.15) is 0 Å². The Morgan fingerprint density at radius 2 is 2.32 bits per heavy atom. The maximum Gasteiger partial charge on any atom is 0.191 e. The summed E-state index contributed by atoms with van der Waals surface area (Å²) < 4.78 is 1.14. The third-order valence-corrected chi connectivity index (χ3v) is 4.03. The van der Waals surface area contributed by atoms with E-state index in [1.165, 1.54) is 0 Å². The van der Waals surface area contributed by atoms with Gasteiger partial charge < -0.3 is 10.6 Å². The Morgan fingerprint density at radius 1 is 1.53 bits per heavy atom. The Labute approximate surface area is 141 Å². The van der Waals surface area contributed by atoms with Crippen LogP contribution in [0.2, 0.25) is 0 Å². The second-order valence-corrected chi connectivity index (χ2v) is 6.30. The minimum absolute atomic E-state index is 0. The summed E-state index contributed by atoms with van der Waals surface area (Å²) >= 11 is 3.50. The molecule has 0 saturated heterocycles. The molecule has 0 spiro atoms. The number of nitrogens with zero attached hydrogens (tertiary/aromatic N) is 2. The van der Waals surface area contributed by atoms with Crippen LogP contribution in [-0.2, 0) is 0 Å². The molecule has 7 heteroatoms. The SMILES string of the molecule is CCNC(=NCCCSc1nccs1)NC(C)C.I. The van der Waals surface area contributed by atoms with E-state index in [0.29, 0.717) is 6.04 Å². The number of guanidine groups is 1. The van der Waals surface area contributed by atoms with Crippen LogP contribution in [0.5, 0.6) is 0 Å². The van der Waals surface area contributed by atoms with E-state index in [2.05, 4.69) is 41.4 Å². The second-order valence-electron chi connectivity index (χ2n) is 4.06. The molecule has 0 bridgehead atoms. The van der Waals surface area contributed by atoms with Gasteiger partial charge in [0.25, 0.3) is 0 Å². The van der Waals surface area contributed by atoms with Gasteiger partial charge in [-0.15, -0.1) is 35.3 Å². The molecular weight excluding hydrogens is 391 g/mol. The molecule has 0 fully saturated rings. The maximum atomic E-state index is 4.54. The molecular formula is C12H23IN4S2. The molecule has 1 heterocycles. The lowest BCUT2D eigenvalue weighted by Gasteiger charge is -2.13. The van der Waals surface area contributed by atoms with Crippen LogP contribution in [0.15, 0.2) is 20.9 Å². The van der Waals surface area contributed by atoms with Gasteiger partial charge in [0, 0.05) is 36.5 Å². The summed E-state index contributed by atoms with van der Waals surface area (Å²) in [6, 6.07) is 0.410. The number of halogens is 1. The van der Waals surface area contributed by atoms with E-state index < -0.39 is 0 Å². The highest BCUT2D eigenvalue weighted by Gasteiger charge is 1.99. The summed E-state index contributed by atoms with van der Waals surface area (Å²) in [4.78, 5) is 8.78. The number of aromatic nitrogens is 1. The number of thioether (sulfide) groups is 1. The highest BCUT2D eigenvalue weighted by molar-refractivity contribution is 14.0. The summed E-state index contributed by atoms with van der Waals surface area (Å²) in [5, 5.41) is 8.56. The zero-order valence-corrected chi connectivity index (χ0v) is 15.6. The van der Waals surface area contributed by atoms with Crippen molar-refractivity contribution < 1.29 is 0 Å². The summed E-state index contributed by atoms with van der Waals surface area (Å²) in [6.45, 7) is 8.05. The summed E-state index contributed by atoms with van der Waals surface area (Å²) in [6.07, 6.45) is 2.92. The Bertz CT molecular complexity index is 342. The third-order valence-electron chi connectivity index (χ3n) is 1.98. The summed E-state index contributed by atoms with van der Waals surface area (Å²) in [7, 11) is 0. The Balaban J connectivity index is 0.00000324. The molecule has 1 aromatic heterocycles. The van der Waals surface area contributed by atoms with E-state index in [9.17, 15) is 0 Å². The smallest absolute Gasteiger partial charge is 0.191 e. The number of nitrogens with one attached hydrogen (secondary N) is 2. The van der Waals surface area contributed by atoms with Crippen LogP contribution in [0.1, 0.15) is 27.2 Å². The molecule has 0 aliphatic carbocycles. The lowest BCUT2D eigenvalue weighted by atomic mass is 10.4. The van der Waals surface area contributed by atoms with E-state index in [-0.39, 0.29) is 24.0 Å². The molecule has 0 aliphatic heterocycles. The largest absolute Gasteiger partial charge is 0.357 e. The Morgan fingerprint density at radius 3 is 2.89 bits per heavy atom. The molecule has 0 amide bonds. The van der Waals surface area contributed by atoms with Crippen molar-refractivity contribution in [3.8, 4) is 0 Å². The zero-order valence-electron chi connectivity index (χ0n) is 11.7. The van der Waals surface area contributed by atoms with Crippen molar-refractivity contribution in [1.29, 1.82) is 0 Å². The highest BCUT2D eigenvalue weighted by Crippen LogP contribution is 2.20.